The average molecular weight is 391 g/mol. The molecule has 0 bridgehead atoms. The van der Waals surface area contributed by atoms with Crippen LogP contribution in [-0.4, -0.2) is 22.0 Å². The second-order valence-electron chi connectivity index (χ2n) is 7.23. The molecule has 0 unspecified atom stereocenters. The normalized spacial score (nSPS) is 19.8. The Hall–Kier alpha value is -3.18. The van der Waals surface area contributed by atoms with Crippen molar-refractivity contribution < 1.29 is 14.7 Å². The summed E-state index contributed by atoms with van der Waals surface area (Å²) in [7, 11) is 0. The van der Waals surface area contributed by atoms with Gasteiger partial charge in [0.2, 0.25) is 5.91 Å². The fraction of sp³-hybridized carbons (Fsp3) is 0.136. The van der Waals surface area contributed by atoms with E-state index in [9.17, 15) is 14.7 Å². The molecule has 0 fully saturated rings. The van der Waals surface area contributed by atoms with E-state index >= 15 is 0 Å². The molecular weight excluding hydrogens is 376 g/mol. The number of fused-ring (bicyclic) bond motifs is 3. The molecule has 0 saturated carbocycles. The summed E-state index contributed by atoms with van der Waals surface area (Å²) < 4.78 is 0. The van der Waals surface area contributed by atoms with Crippen LogP contribution in [0.25, 0.3) is 0 Å². The van der Waals surface area contributed by atoms with E-state index in [4.69, 9.17) is 11.6 Å². The van der Waals surface area contributed by atoms with Crippen molar-refractivity contribution in [2.45, 2.75) is 18.3 Å². The van der Waals surface area contributed by atoms with Crippen molar-refractivity contribution in [3.05, 3.63) is 88.2 Å². The minimum absolute atomic E-state index is 0.0240. The van der Waals surface area contributed by atoms with E-state index in [2.05, 4.69) is 4.98 Å². The Morgan fingerprint density at radius 2 is 1.79 bits per heavy atom. The van der Waals surface area contributed by atoms with Crippen LogP contribution in [0.2, 0.25) is 5.02 Å². The number of carbonyl (C=O) groups excluding carboxylic acids is 1. The number of rotatable bonds is 2. The third kappa shape index (κ3) is 2.29. The molecule has 0 radical (unpaired) electrons. The van der Waals surface area contributed by atoms with Crippen LogP contribution in [-0.2, 0) is 23.1 Å². The lowest BCUT2D eigenvalue weighted by Gasteiger charge is -2.23. The minimum atomic E-state index is -0.966. The van der Waals surface area contributed by atoms with Crippen molar-refractivity contribution in [3.63, 3.8) is 0 Å². The Balaban J connectivity index is 1.67. The van der Waals surface area contributed by atoms with Crippen LogP contribution in [0.1, 0.15) is 27.0 Å². The maximum atomic E-state index is 13.7. The van der Waals surface area contributed by atoms with Gasteiger partial charge in [0.05, 0.1) is 22.4 Å². The van der Waals surface area contributed by atoms with Crippen molar-refractivity contribution in [1.82, 2.24) is 4.98 Å². The first-order valence-electron chi connectivity index (χ1n) is 8.89. The van der Waals surface area contributed by atoms with Gasteiger partial charge in [-0.1, -0.05) is 23.7 Å². The quantitative estimate of drug-likeness (QED) is 0.713. The summed E-state index contributed by atoms with van der Waals surface area (Å²) in [5.74, 6) is -0.990. The second kappa shape index (κ2) is 5.91. The smallest absolute Gasteiger partial charge is 0.335 e. The largest absolute Gasteiger partial charge is 0.478 e. The highest BCUT2D eigenvalue weighted by atomic mass is 35.5. The van der Waals surface area contributed by atoms with Crippen molar-refractivity contribution in [2.24, 2.45) is 0 Å². The van der Waals surface area contributed by atoms with E-state index in [0.29, 0.717) is 17.9 Å². The van der Waals surface area contributed by atoms with Gasteiger partial charge in [-0.25, -0.2) is 4.79 Å². The number of carbonyl (C=O) groups is 2. The van der Waals surface area contributed by atoms with E-state index in [0.717, 1.165) is 28.1 Å². The van der Waals surface area contributed by atoms with E-state index in [1.807, 2.05) is 18.2 Å². The number of carboxylic acids is 1. The van der Waals surface area contributed by atoms with Crippen molar-refractivity contribution in [2.75, 3.05) is 4.90 Å². The van der Waals surface area contributed by atoms with Crippen LogP contribution in [0.15, 0.2) is 60.9 Å². The van der Waals surface area contributed by atoms with Gasteiger partial charge in [-0.15, -0.1) is 0 Å². The Morgan fingerprint density at radius 1 is 1.04 bits per heavy atom. The summed E-state index contributed by atoms with van der Waals surface area (Å²) in [6, 6.07) is 14.2. The predicted octanol–water partition coefficient (Wildman–Crippen LogP) is 4.15. The molecule has 1 aromatic heterocycles. The monoisotopic (exact) mass is 390 g/mol. The zero-order valence-electron chi connectivity index (χ0n) is 14.7. The van der Waals surface area contributed by atoms with Gasteiger partial charge in [-0.3, -0.25) is 14.7 Å². The maximum absolute atomic E-state index is 13.7. The molecule has 1 aliphatic heterocycles. The van der Waals surface area contributed by atoms with Gasteiger partial charge < -0.3 is 5.11 Å². The van der Waals surface area contributed by atoms with Gasteiger partial charge in [-0.05, 0) is 65.9 Å². The lowest BCUT2D eigenvalue weighted by atomic mass is 9.79. The van der Waals surface area contributed by atoms with Gasteiger partial charge in [-0.2, -0.15) is 0 Å². The number of amides is 1. The summed E-state index contributed by atoms with van der Waals surface area (Å²) >= 11 is 6.25. The Kier molecular flexibility index (Phi) is 3.58. The number of aromatic carboxylic acids is 1. The fourth-order valence-electron chi connectivity index (χ4n) is 4.43. The number of hydrogen-bond acceptors (Lipinski definition) is 3. The van der Waals surface area contributed by atoms with Crippen molar-refractivity contribution >= 4 is 34.9 Å². The highest BCUT2D eigenvalue weighted by Gasteiger charge is 2.54. The zero-order chi connectivity index (χ0) is 19.5. The summed E-state index contributed by atoms with van der Waals surface area (Å²) in [5.41, 5.74) is 3.84. The predicted molar refractivity (Wildman–Crippen MR) is 105 cm³/mol. The van der Waals surface area contributed by atoms with E-state index in [1.54, 1.807) is 47.6 Å². The molecule has 2 aromatic carbocycles. The van der Waals surface area contributed by atoms with Crippen LogP contribution in [0.4, 0.5) is 11.4 Å². The number of hydrogen-bond donors (Lipinski definition) is 1. The first kappa shape index (κ1) is 17.0. The van der Waals surface area contributed by atoms with E-state index < -0.39 is 11.4 Å². The summed E-state index contributed by atoms with van der Waals surface area (Å²) in [6.45, 7) is 0. The number of carboxylic acid groups (broad SMARTS) is 1. The van der Waals surface area contributed by atoms with Gasteiger partial charge in [0.15, 0.2) is 0 Å². The third-order valence-electron chi connectivity index (χ3n) is 5.69. The number of aromatic nitrogens is 1. The summed E-state index contributed by atoms with van der Waals surface area (Å²) in [4.78, 5) is 30.8. The summed E-state index contributed by atoms with van der Waals surface area (Å²) in [5, 5.41) is 9.87. The number of benzene rings is 2. The van der Waals surface area contributed by atoms with Crippen LogP contribution < -0.4 is 4.90 Å². The van der Waals surface area contributed by atoms with Crippen LogP contribution in [0.3, 0.4) is 0 Å². The second-order valence-corrected chi connectivity index (χ2v) is 7.67. The Bertz CT molecular complexity index is 1150. The van der Waals surface area contributed by atoms with Gasteiger partial charge in [0, 0.05) is 17.4 Å². The molecule has 138 valence electrons. The number of nitrogens with zero attached hydrogens (tertiary/aromatic N) is 2. The first-order chi connectivity index (χ1) is 13.5. The SMILES string of the molecule is O=C(O)c1ccc2c(c1)C[C@@]1(C2)C(=O)N(c2ccncc2)c2cc(Cl)ccc21. The lowest BCUT2D eigenvalue weighted by Crippen LogP contribution is -2.39. The molecule has 2 heterocycles. The van der Waals surface area contributed by atoms with Gasteiger partial charge >= 0.3 is 5.97 Å². The molecule has 28 heavy (non-hydrogen) atoms. The van der Waals surface area contributed by atoms with E-state index in [-0.39, 0.29) is 11.5 Å². The molecule has 6 heteroatoms. The molecule has 1 aliphatic carbocycles. The fourth-order valence-corrected chi connectivity index (χ4v) is 4.60. The topological polar surface area (TPSA) is 70.5 Å². The average Bonchev–Trinajstić information content (AvgIpc) is 3.18. The molecule has 2 aliphatic rings. The molecule has 0 saturated heterocycles. The zero-order valence-corrected chi connectivity index (χ0v) is 15.5. The molecule has 5 nitrogen and oxygen atoms in total. The Morgan fingerprint density at radius 3 is 2.54 bits per heavy atom. The molecule has 1 amide bonds. The van der Waals surface area contributed by atoms with Crippen LogP contribution in [0.5, 0.6) is 0 Å². The first-order valence-corrected chi connectivity index (χ1v) is 9.27. The molecule has 1 spiro atoms. The highest BCUT2D eigenvalue weighted by molar-refractivity contribution is 6.31. The highest BCUT2D eigenvalue weighted by Crippen LogP contribution is 2.52. The van der Waals surface area contributed by atoms with Crippen LogP contribution >= 0.6 is 11.6 Å². The summed E-state index contributed by atoms with van der Waals surface area (Å²) in [6.07, 6.45) is 4.32. The molecular formula is C22H15ClN2O3. The van der Waals surface area contributed by atoms with E-state index in [1.165, 1.54) is 0 Å². The molecule has 3 aromatic rings. The van der Waals surface area contributed by atoms with Crippen LogP contribution in [0, 0.1) is 0 Å². The Labute approximate surface area is 166 Å². The minimum Gasteiger partial charge on any atom is -0.478 e. The molecule has 1 N–H and O–H groups in total. The van der Waals surface area contributed by atoms with Gasteiger partial charge in [0.1, 0.15) is 0 Å². The van der Waals surface area contributed by atoms with Gasteiger partial charge in [0.25, 0.3) is 0 Å². The molecule has 1 atom stereocenters. The number of halogens is 1. The number of anilines is 2. The standard InChI is InChI=1S/C22H15ClN2O3/c23-16-3-4-18-19(10-16)25(17-5-7-24-8-6-17)21(28)22(18)11-14-2-1-13(20(26)27)9-15(14)12-22/h1-10H,11-12H2,(H,26,27)/t22-/m1/s1. The van der Waals surface area contributed by atoms with Crippen molar-refractivity contribution in [3.8, 4) is 0 Å². The number of pyridine rings is 1. The molecule has 5 rings (SSSR count). The lowest BCUT2D eigenvalue weighted by molar-refractivity contribution is -0.122. The third-order valence-corrected chi connectivity index (χ3v) is 5.92. The maximum Gasteiger partial charge on any atom is 0.335 e. The van der Waals surface area contributed by atoms with Crippen molar-refractivity contribution in [1.29, 1.82) is 0 Å².